The lowest BCUT2D eigenvalue weighted by Crippen LogP contribution is -2.37. The first-order chi connectivity index (χ1) is 7.13. The highest BCUT2D eigenvalue weighted by atomic mass is 16.2. The first kappa shape index (κ1) is 11.2. The van der Waals surface area contributed by atoms with E-state index in [1.807, 2.05) is 12.2 Å². The summed E-state index contributed by atoms with van der Waals surface area (Å²) in [6.45, 7) is 2.10. The van der Waals surface area contributed by atoms with E-state index in [0.29, 0.717) is 0 Å². The predicted octanol–water partition coefficient (Wildman–Crippen LogP) is 0.0305. The highest BCUT2D eigenvalue weighted by Gasteiger charge is 2.08. The van der Waals surface area contributed by atoms with Gasteiger partial charge in [0.2, 0.25) is 5.91 Å². The SMILES string of the molecule is CCCc1nccn1CC(=O)NC(N)=O. The Morgan fingerprint density at radius 3 is 2.93 bits per heavy atom. The second-order valence-electron chi connectivity index (χ2n) is 3.13. The summed E-state index contributed by atoms with van der Waals surface area (Å²) in [6.07, 6.45) is 5.08. The van der Waals surface area contributed by atoms with Crippen LogP contribution < -0.4 is 11.1 Å². The maximum Gasteiger partial charge on any atom is 0.318 e. The van der Waals surface area contributed by atoms with E-state index in [2.05, 4.69) is 4.98 Å². The second-order valence-corrected chi connectivity index (χ2v) is 3.13. The zero-order valence-electron chi connectivity index (χ0n) is 8.56. The topological polar surface area (TPSA) is 90.0 Å². The number of urea groups is 1. The average Bonchev–Trinajstić information content (AvgIpc) is 2.52. The Bertz CT molecular complexity index is 359. The molecule has 6 heteroatoms. The average molecular weight is 210 g/mol. The molecule has 0 saturated carbocycles. The van der Waals surface area contributed by atoms with Gasteiger partial charge in [0, 0.05) is 18.8 Å². The van der Waals surface area contributed by atoms with E-state index in [0.717, 1.165) is 18.7 Å². The van der Waals surface area contributed by atoms with Crippen LogP contribution in [0.1, 0.15) is 19.2 Å². The molecule has 0 fully saturated rings. The third-order valence-electron chi connectivity index (χ3n) is 1.85. The van der Waals surface area contributed by atoms with Gasteiger partial charge in [0.25, 0.3) is 0 Å². The number of primary amides is 1. The van der Waals surface area contributed by atoms with E-state index in [9.17, 15) is 9.59 Å². The largest absolute Gasteiger partial charge is 0.351 e. The molecule has 6 nitrogen and oxygen atoms in total. The third kappa shape index (κ3) is 3.41. The molecule has 1 rings (SSSR count). The Hall–Kier alpha value is -1.85. The maximum atomic E-state index is 11.2. The number of rotatable bonds is 4. The maximum absolute atomic E-state index is 11.2. The third-order valence-corrected chi connectivity index (χ3v) is 1.85. The van der Waals surface area contributed by atoms with Crippen molar-refractivity contribution in [2.75, 3.05) is 0 Å². The molecule has 0 aliphatic heterocycles. The van der Waals surface area contributed by atoms with Gasteiger partial charge in [-0.2, -0.15) is 0 Å². The second kappa shape index (κ2) is 5.14. The molecule has 0 atom stereocenters. The molecule has 0 saturated heterocycles. The number of imidazole rings is 1. The molecular weight excluding hydrogens is 196 g/mol. The number of amides is 3. The van der Waals surface area contributed by atoms with Gasteiger partial charge in [0.15, 0.2) is 0 Å². The van der Waals surface area contributed by atoms with Gasteiger partial charge in [0.05, 0.1) is 0 Å². The van der Waals surface area contributed by atoms with E-state index in [1.165, 1.54) is 0 Å². The van der Waals surface area contributed by atoms with Gasteiger partial charge in [-0.1, -0.05) is 6.92 Å². The van der Waals surface area contributed by atoms with Crippen molar-refractivity contribution >= 4 is 11.9 Å². The van der Waals surface area contributed by atoms with Gasteiger partial charge in [0.1, 0.15) is 12.4 Å². The standard InChI is InChI=1S/C9H14N4O2/c1-2-3-7-11-4-5-13(7)6-8(14)12-9(10)15/h4-5H,2-3,6H2,1H3,(H3,10,12,14,15). The number of hydrogen-bond donors (Lipinski definition) is 2. The van der Waals surface area contributed by atoms with Crippen LogP contribution in [-0.2, 0) is 17.8 Å². The van der Waals surface area contributed by atoms with Crippen LogP contribution in [0.25, 0.3) is 0 Å². The summed E-state index contributed by atoms with van der Waals surface area (Å²) in [7, 11) is 0. The van der Waals surface area contributed by atoms with Gasteiger partial charge >= 0.3 is 6.03 Å². The summed E-state index contributed by atoms with van der Waals surface area (Å²) in [5.74, 6) is 0.398. The van der Waals surface area contributed by atoms with Crippen molar-refractivity contribution in [3.05, 3.63) is 18.2 Å². The number of hydrogen-bond acceptors (Lipinski definition) is 3. The minimum absolute atomic E-state index is 0.0677. The number of imide groups is 1. The van der Waals surface area contributed by atoms with Gasteiger partial charge in [-0.05, 0) is 6.42 Å². The summed E-state index contributed by atoms with van der Waals surface area (Å²) >= 11 is 0. The molecule has 0 aliphatic carbocycles. The Kier molecular flexibility index (Phi) is 3.84. The summed E-state index contributed by atoms with van der Waals surface area (Å²) in [5.41, 5.74) is 4.82. The van der Waals surface area contributed by atoms with Crippen molar-refractivity contribution in [1.82, 2.24) is 14.9 Å². The van der Waals surface area contributed by atoms with Gasteiger partial charge in [-0.25, -0.2) is 9.78 Å². The summed E-state index contributed by atoms with van der Waals surface area (Å²) in [5, 5.41) is 2.00. The number of nitrogens with zero attached hydrogens (tertiary/aromatic N) is 2. The molecule has 0 aliphatic rings. The summed E-state index contributed by atoms with van der Waals surface area (Å²) in [4.78, 5) is 25.7. The first-order valence-corrected chi connectivity index (χ1v) is 4.72. The Balaban J connectivity index is 2.59. The van der Waals surface area contributed by atoms with E-state index in [1.54, 1.807) is 17.0 Å². The fourth-order valence-electron chi connectivity index (χ4n) is 1.27. The summed E-state index contributed by atoms with van der Waals surface area (Å²) < 4.78 is 1.70. The molecule has 0 spiro atoms. The number of carbonyl (C=O) groups is 2. The van der Waals surface area contributed by atoms with E-state index in [4.69, 9.17) is 5.73 Å². The van der Waals surface area contributed by atoms with Crippen LogP contribution in [0.3, 0.4) is 0 Å². The molecule has 0 bridgehead atoms. The molecule has 15 heavy (non-hydrogen) atoms. The van der Waals surface area contributed by atoms with E-state index in [-0.39, 0.29) is 6.54 Å². The number of aromatic nitrogens is 2. The van der Waals surface area contributed by atoms with Crippen molar-refractivity contribution in [2.24, 2.45) is 5.73 Å². The lowest BCUT2D eigenvalue weighted by molar-refractivity contribution is -0.120. The fourth-order valence-corrected chi connectivity index (χ4v) is 1.27. The lowest BCUT2D eigenvalue weighted by Gasteiger charge is -2.05. The van der Waals surface area contributed by atoms with Crippen LogP contribution in [0.2, 0.25) is 0 Å². The van der Waals surface area contributed by atoms with Crippen LogP contribution >= 0.6 is 0 Å². The Labute approximate surface area is 87.5 Å². The molecule has 1 heterocycles. The molecule has 0 radical (unpaired) electrons. The smallest absolute Gasteiger partial charge is 0.318 e. The highest BCUT2D eigenvalue weighted by Crippen LogP contribution is 2.00. The van der Waals surface area contributed by atoms with Crippen molar-refractivity contribution < 1.29 is 9.59 Å². The monoisotopic (exact) mass is 210 g/mol. The van der Waals surface area contributed by atoms with Gasteiger partial charge < -0.3 is 10.3 Å². The normalized spacial score (nSPS) is 9.93. The Morgan fingerprint density at radius 1 is 1.60 bits per heavy atom. The molecular formula is C9H14N4O2. The summed E-state index contributed by atoms with van der Waals surface area (Å²) in [6, 6.07) is -0.836. The molecule has 0 unspecified atom stereocenters. The van der Waals surface area contributed by atoms with Gasteiger partial charge in [-0.15, -0.1) is 0 Å². The molecule has 1 aromatic rings. The minimum atomic E-state index is -0.836. The Morgan fingerprint density at radius 2 is 2.33 bits per heavy atom. The van der Waals surface area contributed by atoms with Crippen molar-refractivity contribution in [3.63, 3.8) is 0 Å². The van der Waals surface area contributed by atoms with Gasteiger partial charge in [-0.3, -0.25) is 10.1 Å². The van der Waals surface area contributed by atoms with E-state index < -0.39 is 11.9 Å². The van der Waals surface area contributed by atoms with Crippen molar-refractivity contribution in [3.8, 4) is 0 Å². The quantitative estimate of drug-likeness (QED) is 0.734. The van der Waals surface area contributed by atoms with Crippen LogP contribution in [0.4, 0.5) is 4.79 Å². The van der Waals surface area contributed by atoms with Crippen molar-refractivity contribution in [2.45, 2.75) is 26.3 Å². The number of nitrogens with one attached hydrogen (secondary N) is 1. The lowest BCUT2D eigenvalue weighted by atomic mass is 10.3. The van der Waals surface area contributed by atoms with E-state index >= 15 is 0 Å². The highest BCUT2D eigenvalue weighted by molar-refractivity contribution is 5.93. The first-order valence-electron chi connectivity index (χ1n) is 4.72. The minimum Gasteiger partial charge on any atom is -0.351 e. The zero-order chi connectivity index (χ0) is 11.3. The predicted molar refractivity (Wildman–Crippen MR) is 53.9 cm³/mol. The van der Waals surface area contributed by atoms with Crippen LogP contribution in [-0.4, -0.2) is 21.5 Å². The van der Waals surface area contributed by atoms with Crippen molar-refractivity contribution in [1.29, 1.82) is 0 Å². The molecule has 82 valence electrons. The van der Waals surface area contributed by atoms with Crippen LogP contribution in [0.5, 0.6) is 0 Å². The molecule has 1 aromatic heterocycles. The molecule has 3 N–H and O–H groups in total. The molecule has 0 aromatic carbocycles. The number of aryl methyl sites for hydroxylation is 1. The number of carbonyl (C=O) groups excluding carboxylic acids is 2. The van der Waals surface area contributed by atoms with Crippen LogP contribution in [0, 0.1) is 0 Å². The van der Waals surface area contributed by atoms with Crippen LogP contribution in [0.15, 0.2) is 12.4 Å². The molecule has 3 amide bonds. The number of nitrogens with two attached hydrogens (primary N) is 1. The fraction of sp³-hybridized carbons (Fsp3) is 0.444. The zero-order valence-corrected chi connectivity index (χ0v) is 8.56.